The molecule has 0 radical (unpaired) electrons. The molecule has 8 nitrogen and oxygen atoms in total. The summed E-state index contributed by atoms with van der Waals surface area (Å²) in [5.41, 5.74) is 2.97. The van der Waals surface area contributed by atoms with Crippen LogP contribution in [0.3, 0.4) is 0 Å². The molecule has 0 aliphatic carbocycles. The Labute approximate surface area is 275 Å². The Morgan fingerprint density at radius 3 is 1.93 bits per heavy atom. The third-order valence-electron chi connectivity index (χ3n) is 7.08. The molecular formula is C37H31BrN2O6. The van der Waals surface area contributed by atoms with E-state index in [0.29, 0.717) is 40.1 Å². The smallest absolute Gasteiger partial charge is 0.394 e. The number of ether oxygens (including phenoxy) is 2. The summed E-state index contributed by atoms with van der Waals surface area (Å²) in [5, 5.41) is 14.8. The summed E-state index contributed by atoms with van der Waals surface area (Å²) in [4.78, 5) is 36.5. The van der Waals surface area contributed by atoms with Gasteiger partial charge >= 0.3 is 11.9 Å². The van der Waals surface area contributed by atoms with E-state index in [-0.39, 0.29) is 12.3 Å². The minimum atomic E-state index is -1.58. The first-order chi connectivity index (χ1) is 22.3. The molecule has 5 aromatic rings. The fraction of sp³-hybridized carbons (Fsp3) is 0.108. The number of halogens is 1. The van der Waals surface area contributed by atoms with Gasteiger partial charge in [-0.05, 0) is 90.2 Å². The molecule has 0 aliphatic heterocycles. The van der Waals surface area contributed by atoms with E-state index in [9.17, 15) is 19.5 Å². The van der Waals surface area contributed by atoms with Gasteiger partial charge < -0.3 is 25.2 Å². The minimum Gasteiger partial charge on any atom is -0.474 e. The molecule has 0 fully saturated rings. The third kappa shape index (κ3) is 9.06. The Hall–Kier alpha value is -5.41. The van der Waals surface area contributed by atoms with Crippen molar-refractivity contribution in [2.24, 2.45) is 0 Å². The van der Waals surface area contributed by atoms with Crippen molar-refractivity contribution in [2.75, 3.05) is 6.54 Å². The van der Waals surface area contributed by atoms with Gasteiger partial charge in [-0.3, -0.25) is 9.59 Å². The standard InChI is InChI=1S/C37H31BrN2O6/c38-33-23-28(35(41)39-21-20-25-14-18-31(19-15-25)45-29-9-3-1-4-10-29)17-16-26(33)24-34(40-36(42)37(43)44)27-8-7-13-32(22-27)46-30-11-5-2-6-12-30/h1-19,22-23,34H,20-21,24H2,(H,39,41)(H,40,42)(H,43,44). The topological polar surface area (TPSA) is 114 Å². The lowest BCUT2D eigenvalue weighted by Crippen LogP contribution is -2.35. The van der Waals surface area contributed by atoms with Gasteiger partial charge in [-0.25, -0.2) is 4.79 Å². The highest BCUT2D eigenvalue weighted by Gasteiger charge is 2.22. The van der Waals surface area contributed by atoms with E-state index in [1.807, 2.05) is 84.9 Å². The zero-order valence-corrected chi connectivity index (χ0v) is 26.3. The van der Waals surface area contributed by atoms with Crippen molar-refractivity contribution in [1.82, 2.24) is 10.6 Å². The lowest BCUT2D eigenvalue weighted by molar-refractivity contribution is -0.150. The summed E-state index contributed by atoms with van der Waals surface area (Å²) in [6.07, 6.45) is 0.912. The molecule has 5 aromatic carbocycles. The van der Waals surface area contributed by atoms with Gasteiger partial charge in [0, 0.05) is 16.6 Å². The number of nitrogens with one attached hydrogen (secondary N) is 2. The van der Waals surface area contributed by atoms with E-state index in [0.717, 1.165) is 22.6 Å². The maximum Gasteiger partial charge on any atom is 0.394 e. The number of carbonyl (C=O) groups is 3. The van der Waals surface area contributed by atoms with E-state index < -0.39 is 17.9 Å². The fourth-order valence-corrected chi connectivity index (χ4v) is 5.28. The fourth-order valence-electron chi connectivity index (χ4n) is 4.74. The van der Waals surface area contributed by atoms with Crippen molar-refractivity contribution in [3.63, 3.8) is 0 Å². The molecule has 0 bridgehead atoms. The number of hydrogen-bond donors (Lipinski definition) is 3. The summed E-state index contributed by atoms with van der Waals surface area (Å²) in [5.74, 6) is -0.230. The van der Waals surface area contributed by atoms with Crippen molar-refractivity contribution < 1.29 is 29.0 Å². The highest BCUT2D eigenvalue weighted by atomic mass is 79.9. The molecule has 1 unspecified atom stereocenters. The van der Waals surface area contributed by atoms with Crippen LogP contribution in [0, 0.1) is 0 Å². The van der Waals surface area contributed by atoms with E-state index in [2.05, 4.69) is 26.6 Å². The maximum atomic E-state index is 12.9. The average Bonchev–Trinajstić information content (AvgIpc) is 3.07. The number of carboxylic acids is 1. The summed E-state index contributed by atoms with van der Waals surface area (Å²) < 4.78 is 12.4. The van der Waals surface area contributed by atoms with Crippen LogP contribution in [0.1, 0.15) is 33.1 Å². The van der Waals surface area contributed by atoms with Gasteiger partial charge in [0.05, 0.1) is 6.04 Å². The van der Waals surface area contributed by atoms with Gasteiger partial charge in [-0.1, -0.05) is 82.7 Å². The predicted molar refractivity (Wildman–Crippen MR) is 178 cm³/mol. The predicted octanol–water partition coefficient (Wildman–Crippen LogP) is 7.49. The van der Waals surface area contributed by atoms with Crippen molar-refractivity contribution in [1.29, 1.82) is 0 Å². The summed E-state index contributed by atoms with van der Waals surface area (Å²) >= 11 is 3.56. The second kappa shape index (κ2) is 15.5. The molecule has 5 rings (SSSR count). The molecule has 2 amide bonds. The quantitative estimate of drug-likeness (QED) is 0.118. The minimum absolute atomic E-state index is 0.224. The van der Waals surface area contributed by atoms with E-state index in [4.69, 9.17) is 9.47 Å². The first-order valence-electron chi connectivity index (χ1n) is 14.6. The van der Waals surface area contributed by atoms with Gasteiger partial charge in [-0.15, -0.1) is 0 Å². The molecule has 1 atom stereocenters. The van der Waals surface area contributed by atoms with Crippen LogP contribution in [-0.2, 0) is 22.4 Å². The van der Waals surface area contributed by atoms with Gasteiger partial charge in [0.15, 0.2) is 0 Å². The molecule has 0 saturated carbocycles. The zero-order chi connectivity index (χ0) is 32.3. The van der Waals surface area contributed by atoms with Crippen molar-refractivity contribution in [2.45, 2.75) is 18.9 Å². The number of carbonyl (C=O) groups excluding carboxylic acids is 2. The first-order valence-corrected chi connectivity index (χ1v) is 15.4. The summed E-state index contributed by atoms with van der Waals surface area (Å²) in [7, 11) is 0. The zero-order valence-electron chi connectivity index (χ0n) is 24.7. The largest absolute Gasteiger partial charge is 0.474 e. The van der Waals surface area contributed by atoms with Crippen LogP contribution >= 0.6 is 15.9 Å². The van der Waals surface area contributed by atoms with Crippen LogP contribution in [0.2, 0.25) is 0 Å². The van der Waals surface area contributed by atoms with Gasteiger partial charge in [0.2, 0.25) is 0 Å². The number of para-hydroxylation sites is 2. The molecule has 232 valence electrons. The highest BCUT2D eigenvalue weighted by Crippen LogP contribution is 2.29. The van der Waals surface area contributed by atoms with Crippen LogP contribution in [0.4, 0.5) is 0 Å². The van der Waals surface area contributed by atoms with Crippen molar-refractivity contribution in [3.8, 4) is 23.0 Å². The van der Waals surface area contributed by atoms with Crippen LogP contribution in [0.25, 0.3) is 0 Å². The molecule has 46 heavy (non-hydrogen) atoms. The van der Waals surface area contributed by atoms with Gasteiger partial charge in [-0.2, -0.15) is 0 Å². The lowest BCUT2D eigenvalue weighted by Gasteiger charge is -2.20. The molecule has 9 heteroatoms. The average molecular weight is 680 g/mol. The first kappa shape index (κ1) is 32.0. The number of rotatable bonds is 12. The van der Waals surface area contributed by atoms with Crippen LogP contribution in [0.5, 0.6) is 23.0 Å². The molecule has 0 saturated heterocycles. The monoisotopic (exact) mass is 678 g/mol. The number of benzene rings is 5. The van der Waals surface area contributed by atoms with Crippen LogP contribution in [0.15, 0.2) is 132 Å². The molecular weight excluding hydrogens is 648 g/mol. The Morgan fingerprint density at radius 1 is 0.696 bits per heavy atom. The third-order valence-corrected chi connectivity index (χ3v) is 7.82. The molecule has 3 N–H and O–H groups in total. The number of aliphatic carboxylic acids is 1. The normalized spacial score (nSPS) is 11.2. The van der Waals surface area contributed by atoms with E-state index in [1.54, 1.807) is 42.5 Å². The van der Waals surface area contributed by atoms with Crippen LogP contribution < -0.4 is 20.1 Å². The van der Waals surface area contributed by atoms with Gasteiger partial charge in [0.1, 0.15) is 23.0 Å². The molecule has 0 spiro atoms. The van der Waals surface area contributed by atoms with Gasteiger partial charge in [0.25, 0.3) is 5.91 Å². The molecule has 0 aromatic heterocycles. The summed E-state index contributed by atoms with van der Waals surface area (Å²) in [6, 6.07) is 38.2. The Bertz CT molecular complexity index is 1800. The summed E-state index contributed by atoms with van der Waals surface area (Å²) in [6.45, 7) is 0.446. The van der Waals surface area contributed by atoms with Crippen molar-refractivity contribution >= 4 is 33.7 Å². The molecule has 0 heterocycles. The Morgan fingerprint density at radius 2 is 1.30 bits per heavy atom. The SMILES string of the molecule is O=C(O)C(=O)NC(Cc1ccc(C(=O)NCCc2ccc(Oc3ccccc3)cc2)cc1Br)c1cccc(Oc2ccccc2)c1. The molecule has 0 aliphatic rings. The second-order valence-corrected chi connectivity index (χ2v) is 11.2. The highest BCUT2D eigenvalue weighted by molar-refractivity contribution is 9.10. The maximum absolute atomic E-state index is 12.9. The Kier molecular flexibility index (Phi) is 10.8. The second-order valence-electron chi connectivity index (χ2n) is 10.4. The van der Waals surface area contributed by atoms with Crippen LogP contribution in [-0.4, -0.2) is 29.4 Å². The number of hydrogen-bond acceptors (Lipinski definition) is 5. The van der Waals surface area contributed by atoms with E-state index >= 15 is 0 Å². The number of amides is 2. The number of carboxylic acid groups (broad SMARTS) is 1. The Balaban J connectivity index is 1.21. The lowest BCUT2D eigenvalue weighted by atomic mass is 9.97. The van der Waals surface area contributed by atoms with E-state index in [1.165, 1.54) is 0 Å². The van der Waals surface area contributed by atoms with Crippen molar-refractivity contribution in [3.05, 3.63) is 154 Å².